The molecular weight excluding hydrogens is 347 g/mol. The molecule has 9 heteroatoms. The highest BCUT2D eigenvalue weighted by atomic mass is 35.5. The molecule has 0 bridgehead atoms. The Bertz CT molecular complexity index is 745. The Hall–Kier alpha value is -1.98. The Labute approximate surface area is 140 Å². The summed E-state index contributed by atoms with van der Waals surface area (Å²) in [5.41, 5.74) is 1.05. The molecule has 0 aliphatic carbocycles. The van der Waals surface area contributed by atoms with E-state index >= 15 is 0 Å². The lowest BCUT2D eigenvalue weighted by Crippen LogP contribution is -2.45. The first-order chi connectivity index (χ1) is 11.2. The van der Waals surface area contributed by atoms with Crippen LogP contribution in [0, 0.1) is 18.3 Å². The van der Waals surface area contributed by atoms with E-state index in [1.165, 1.54) is 17.0 Å². The van der Waals surface area contributed by atoms with Crippen LogP contribution in [0.5, 0.6) is 0 Å². The number of hydrogen-bond donors (Lipinski definition) is 1. The number of amidine groups is 1. The minimum atomic E-state index is -4.61. The van der Waals surface area contributed by atoms with Crippen LogP contribution in [0.15, 0.2) is 17.1 Å². The standard InChI is InChI=1S/C15H13ClF3N3O2/c1-7-9(3-2-8(6-20)11(7)16)21-14-22-5-4-10(23)12(22)13(24-14)15(17,18)19/h2-3,10,12-13,23H,4-5H2,1H3/t10-,12?,13?/m0/s1. The topological polar surface area (TPSA) is 68.8 Å². The van der Waals surface area contributed by atoms with Gasteiger partial charge in [0, 0.05) is 6.54 Å². The Balaban J connectivity index is 2.00. The maximum Gasteiger partial charge on any atom is 0.427 e. The zero-order valence-corrected chi connectivity index (χ0v) is 13.3. The molecule has 3 rings (SSSR count). The highest BCUT2D eigenvalue weighted by Crippen LogP contribution is 2.39. The summed E-state index contributed by atoms with van der Waals surface area (Å²) in [5, 5.41) is 19.0. The number of aliphatic hydroxyl groups excluding tert-OH is 1. The second kappa shape index (κ2) is 5.83. The Kier molecular flexibility index (Phi) is 4.10. The number of alkyl halides is 3. The van der Waals surface area contributed by atoms with E-state index < -0.39 is 24.4 Å². The second-order valence-electron chi connectivity index (χ2n) is 5.70. The molecule has 2 aliphatic rings. The lowest BCUT2D eigenvalue weighted by atomic mass is 10.1. The number of benzene rings is 1. The quantitative estimate of drug-likeness (QED) is 0.837. The fraction of sp³-hybridized carbons (Fsp3) is 0.467. The Morgan fingerprint density at radius 1 is 1.46 bits per heavy atom. The van der Waals surface area contributed by atoms with E-state index in [0.717, 1.165) is 0 Å². The summed E-state index contributed by atoms with van der Waals surface area (Å²) >= 11 is 6.05. The van der Waals surface area contributed by atoms with Crippen molar-refractivity contribution in [3.8, 4) is 6.07 Å². The summed E-state index contributed by atoms with van der Waals surface area (Å²) in [6, 6.07) is 3.48. The number of aliphatic hydroxyl groups is 1. The number of fused-ring (bicyclic) bond motifs is 1. The van der Waals surface area contributed by atoms with Gasteiger partial charge in [0.25, 0.3) is 6.02 Å². The zero-order chi connectivity index (χ0) is 17.6. The van der Waals surface area contributed by atoms with E-state index in [1.54, 1.807) is 6.92 Å². The molecule has 1 aromatic rings. The highest BCUT2D eigenvalue weighted by Gasteiger charge is 2.59. The van der Waals surface area contributed by atoms with Gasteiger partial charge in [-0.05, 0) is 31.0 Å². The molecule has 3 atom stereocenters. The molecule has 2 heterocycles. The Morgan fingerprint density at radius 2 is 2.17 bits per heavy atom. The van der Waals surface area contributed by atoms with E-state index in [9.17, 15) is 18.3 Å². The minimum absolute atomic E-state index is 0.192. The lowest BCUT2D eigenvalue weighted by molar-refractivity contribution is -0.203. The first-order valence-electron chi connectivity index (χ1n) is 7.20. The van der Waals surface area contributed by atoms with Crippen LogP contribution >= 0.6 is 11.6 Å². The molecule has 0 saturated carbocycles. The maximum atomic E-state index is 13.2. The fourth-order valence-electron chi connectivity index (χ4n) is 2.97. The molecular formula is C15H13ClF3N3O2. The minimum Gasteiger partial charge on any atom is -0.450 e. The molecule has 0 spiro atoms. The summed E-state index contributed by atoms with van der Waals surface area (Å²) in [4.78, 5) is 5.48. The average Bonchev–Trinajstić information content (AvgIpc) is 3.06. The molecule has 2 saturated heterocycles. The number of nitriles is 1. The smallest absolute Gasteiger partial charge is 0.427 e. The lowest BCUT2D eigenvalue weighted by Gasteiger charge is -2.21. The molecule has 1 N–H and O–H groups in total. The van der Waals surface area contributed by atoms with Crippen LogP contribution in [0.25, 0.3) is 0 Å². The molecule has 0 aromatic heterocycles. The van der Waals surface area contributed by atoms with E-state index in [2.05, 4.69) is 4.99 Å². The summed E-state index contributed by atoms with van der Waals surface area (Å²) in [6.45, 7) is 1.84. The molecule has 2 unspecified atom stereocenters. The van der Waals surface area contributed by atoms with Crippen LogP contribution in [0.3, 0.4) is 0 Å². The van der Waals surface area contributed by atoms with Gasteiger partial charge in [0.15, 0.2) is 0 Å². The highest BCUT2D eigenvalue weighted by molar-refractivity contribution is 6.32. The first-order valence-corrected chi connectivity index (χ1v) is 7.58. The van der Waals surface area contributed by atoms with Gasteiger partial charge in [-0.25, -0.2) is 0 Å². The van der Waals surface area contributed by atoms with E-state index in [1.807, 2.05) is 6.07 Å². The third-order valence-electron chi connectivity index (χ3n) is 4.23. The largest absolute Gasteiger partial charge is 0.450 e. The van der Waals surface area contributed by atoms with Gasteiger partial charge in [0.1, 0.15) is 12.1 Å². The van der Waals surface area contributed by atoms with Crippen LogP contribution in [-0.4, -0.2) is 47.0 Å². The SMILES string of the molecule is Cc1c(N=C2OC(C(F)(F)F)C3[C@@H](O)CCN23)ccc(C#N)c1Cl. The van der Waals surface area contributed by atoms with Crippen molar-refractivity contribution in [1.82, 2.24) is 4.90 Å². The number of halogens is 4. The molecule has 1 aromatic carbocycles. The van der Waals surface area contributed by atoms with Crippen molar-refractivity contribution in [2.24, 2.45) is 4.99 Å². The summed E-state index contributed by atoms with van der Waals surface area (Å²) in [6.07, 6.45) is -7.65. The predicted octanol–water partition coefficient (Wildman–Crippen LogP) is 2.90. The average molecular weight is 360 g/mol. The van der Waals surface area contributed by atoms with Crippen molar-refractivity contribution in [1.29, 1.82) is 5.26 Å². The number of hydrogen-bond acceptors (Lipinski definition) is 4. The summed E-state index contributed by atoms with van der Waals surface area (Å²) < 4.78 is 44.5. The first kappa shape index (κ1) is 16.9. The van der Waals surface area contributed by atoms with Gasteiger partial charge in [0.05, 0.1) is 22.4 Å². The van der Waals surface area contributed by atoms with Gasteiger partial charge in [0.2, 0.25) is 6.10 Å². The summed E-state index contributed by atoms with van der Waals surface area (Å²) in [7, 11) is 0. The molecule has 24 heavy (non-hydrogen) atoms. The van der Waals surface area contributed by atoms with Crippen LogP contribution in [0.4, 0.5) is 18.9 Å². The number of nitrogens with zero attached hydrogens (tertiary/aromatic N) is 3. The molecule has 5 nitrogen and oxygen atoms in total. The summed E-state index contributed by atoms with van der Waals surface area (Å²) in [5.74, 6) is 0. The number of aliphatic imine (C=N–C) groups is 1. The number of rotatable bonds is 1. The maximum absolute atomic E-state index is 13.2. The van der Waals surface area contributed by atoms with E-state index in [4.69, 9.17) is 21.6 Å². The van der Waals surface area contributed by atoms with Gasteiger partial charge < -0.3 is 14.7 Å². The van der Waals surface area contributed by atoms with Crippen LogP contribution < -0.4 is 0 Å². The molecule has 2 aliphatic heterocycles. The van der Waals surface area contributed by atoms with E-state index in [-0.39, 0.29) is 29.6 Å². The third kappa shape index (κ3) is 2.68. The predicted molar refractivity (Wildman–Crippen MR) is 80.0 cm³/mol. The fourth-order valence-corrected chi connectivity index (χ4v) is 3.18. The third-order valence-corrected chi connectivity index (χ3v) is 4.71. The van der Waals surface area contributed by atoms with Crippen LogP contribution in [0.1, 0.15) is 17.5 Å². The molecule has 2 fully saturated rings. The molecule has 0 radical (unpaired) electrons. The van der Waals surface area contributed by atoms with Crippen molar-refractivity contribution in [3.05, 3.63) is 28.3 Å². The van der Waals surface area contributed by atoms with Crippen molar-refractivity contribution in [3.63, 3.8) is 0 Å². The second-order valence-corrected chi connectivity index (χ2v) is 6.08. The Morgan fingerprint density at radius 3 is 2.79 bits per heavy atom. The van der Waals surface area contributed by atoms with Gasteiger partial charge in [-0.3, -0.25) is 0 Å². The van der Waals surface area contributed by atoms with Gasteiger partial charge in [-0.15, -0.1) is 0 Å². The van der Waals surface area contributed by atoms with Crippen molar-refractivity contribution < 1.29 is 23.0 Å². The molecule has 0 amide bonds. The number of ether oxygens (including phenoxy) is 1. The van der Waals surface area contributed by atoms with Crippen molar-refractivity contribution >= 4 is 23.3 Å². The van der Waals surface area contributed by atoms with Crippen LogP contribution in [0.2, 0.25) is 5.02 Å². The van der Waals surface area contributed by atoms with Crippen molar-refractivity contribution in [2.75, 3.05) is 6.54 Å². The normalized spacial score (nSPS) is 28.0. The van der Waals surface area contributed by atoms with E-state index in [0.29, 0.717) is 11.3 Å². The van der Waals surface area contributed by atoms with Crippen molar-refractivity contribution in [2.45, 2.75) is 37.8 Å². The van der Waals surface area contributed by atoms with Gasteiger partial charge in [-0.2, -0.15) is 23.4 Å². The molecule has 128 valence electrons. The van der Waals surface area contributed by atoms with Crippen LogP contribution in [-0.2, 0) is 4.74 Å². The zero-order valence-electron chi connectivity index (χ0n) is 12.5. The van der Waals surface area contributed by atoms with Gasteiger partial charge in [-0.1, -0.05) is 11.6 Å². The monoisotopic (exact) mass is 359 g/mol. The van der Waals surface area contributed by atoms with Gasteiger partial charge >= 0.3 is 6.18 Å².